The summed E-state index contributed by atoms with van der Waals surface area (Å²) in [6.45, 7) is 1.20. The van der Waals surface area contributed by atoms with Crippen molar-refractivity contribution < 1.29 is 22.4 Å². The summed E-state index contributed by atoms with van der Waals surface area (Å²) in [6, 6.07) is 14.5. The highest BCUT2D eigenvalue weighted by Gasteiger charge is 2.31. The van der Waals surface area contributed by atoms with E-state index in [-0.39, 0.29) is 17.7 Å². The van der Waals surface area contributed by atoms with E-state index in [1.54, 1.807) is 0 Å². The highest BCUT2D eigenvalue weighted by molar-refractivity contribution is 5.76. The largest absolute Gasteiger partial charge is 0.420 e. The van der Waals surface area contributed by atoms with Crippen molar-refractivity contribution >= 4 is 5.91 Å². The number of alkyl halides is 3. The van der Waals surface area contributed by atoms with Crippen LogP contribution >= 0.6 is 0 Å². The first-order chi connectivity index (χ1) is 14.9. The molecule has 8 heteroatoms. The second kappa shape index (κ2) is 8.91. The fourth-order valence-corrected chi connectivity index (χ4v) is 3.78. The molecule has 1 amide bonds. The van der Waals surface area contributed by atoms with Crippen molar-refractivity contribution in [3.8, 4) is 11.5 Å². The number of aromatic nitrogens is 2. The number of nitrogens with zero attached hydrogens (tertiary/aromatic N) is 3. The molecule has 0 bridgehead atoms. The van der Waals surface area contributed by atoms with Gasteiger partial charge in [-0.05, 0) is 49.1 Å². The van der Waals surface area contributed by atoms with Crippen LogP contribution in [0.5, 0.6) is 0 Å². The average molecular weight is 429 g/mol. The Balaban J connectivity index is 1.38. The number of hydrogen-bond donors (Lipinski definition) is 0. The summed E-state index contributed by atoms with van der Waals surface area (Å²) in [7, 11) is 0. The molecule has 1 unspecified atom stereocenters. The molecule has 1 aliphatic rings. The van der Waals surface area contributed by atoms with E-state index >= 15 is 0 Å². The molecule has 3 aromatic rings. The van der Waals surface area contributed by atoms with E-state index in [1.807, 2.05) is 35.2 Å². The summed E-state index contributed by atoms with van der Waals surface area (Å²) < 4.78 is 44.0. The van der Waals surface area contributed by atoms with Gasteiger partial charge in [-0.2, -0.15) is 13.2 Å². The van der Waals surface area contributed by atoms with Gasteiger partial charge in [-0.25, -0.2) is 0 Å². The minimum atomic E-state index is -4.39. The molecule has 1 atom stereocenters. The zero-order valence-corrected chi connectivity index (χ0v) is 16.8. The summed E-state index contributed by atoms with van der Waals surface area (Å²) in [4.78, 5) is 14.5. The maximum atomic E-state index is 12.7. The molecule has 0 N–H and O–H groups in total. The van der Waals surface area contributed by atoms with Crippen LogP contribution in [0.4, 0.5) is 13.2 Å². The number of benzene rings is 2. The SMILES string of the molecule is O=C(CCc1ccccc1)N1CCCC(c2nnc(-c3ccc(C(F)(F)F)cc3)o2)C1. The van der Waals surface area contributed by atoms with E-state index in [0.717, 1.165) is 30.5 Å². The molecule has 5 nitrogen and oxygen atoms in total. The quantitative estimate of drug-likeness (QED) is 0.567. The van der Waals surface area contributed by atoms with E-state index in [9.17, 15) is 18.0 Å². The Labute approximate surface area is 177 Å². The van der Waals surface area contributed by atoms with E-state index in [0.29, 0.717) is 37.4 Å². The highest BCUT2D eigenvalue weighted by atomic mass is 19.4. The van der Waals surface area contributed by atoms with Crippen LogP contribution in [0.15, 0.2) is 59.0 Å². The highest BCUT2D eigenvalue weighted by Crippen LogP contribution is 2.32. The molecule has 0 aliphatic carbocycles. The van der Waals surface area contributed by atoms with E-state index in [2.05, 4.69) is 10.2 Å². The molecule has 2 heterocycles. The Morgan fingerprint density at radius 2 is 1.81 bits per heavy atom. The number of piperidine rings is 1. The Kier molecular flexibility index (Phi) is 6.06. The number of carbonyl (C=O) groups excluding carboxylic acids is 1. The zero-order chi connectivity index (χ0) is 21.8. The number of likely N-dealkylation sites (tertiary alicyclic amines) is 1. The second-order valence-corrected chi connectivity index (χ2v) is 7.69. The predicted octanol–water partition coefficient (Wildman–Crippen LogP) is 5.09. The lowest BCUT2D eigenvalue weighted by molar-refractivity contribution is -0.137. The molecule has 0 saturated carbocycles. The molecule has 1 fully saturated rings. The van der Waals surface area contributed by atoms with Crippen LogP contribution in [0.25, 0.3) is 11.5 Å². The van der Waals surface area contributed by atoms with Crippen molar-refractivity contribution in [2.24, 2.45) is 0 Å². The van der Waals surface area contributed by atoms with Gasteiger partial charge in [0.25, 0.3) is 0 Å². The van der Waals surface area contributed by atoms with Crippen LogP contribution in [-0.4, -0.2) is 34.1 Å². The first-order valence-electron chi connectivity index (χ1n) is 10.2. The smallest absolute Gasteiger partial charge is 0.416 e. The standard InChI is InChI=1S/C23H22F3N3O2/c24-23(25,26)19-11-9-17(10-12-19)21-27-28-22(31-21)18-7-4-14-29(15-18)20(30)13-8-16-5-2-1-3-6-16/h1-3,5-6,9-12,18H,4,7-8,13-15H2. The van der Waals surface area contributed by atoms with Crippen molar-refractivity contribution in [1.82, 2.24) is 15.1 Å². The van der Waals surface area contributed by atoms with Gasteiger partial charge in [0, 0.05) is 25.1 Å². The van der Waals surface area contributed by atoms with Gasteiger partial charge in [-0.3, -0.25) is 4.79 Å². The maximum Gasteiger partial charge on any atom is 0.416 e. The van der Waals surface area contributed by atoms with E-state index < -0.39 is 11.7 Å². The van der Waals surface area contributed by atoms with Gasteiger partial charge in [0.15, 0.2) is 0 Å². The third-order valence-electron chi connectivity index (χ3n) is 5.49. The molecule has 31 heavy (non-hydrogen) atoms. The molecule has 162 valence electrons. The number of hydrogen-bond acceptors (Lipinski definition) is 4. The van der Waals surface area contributed by atoms with Gasteiger partial charge < -0.3 is 9.32 Å². The number of carbonyl (C=O) groups is 1. The van der Waals surface area contributed by atoms with Crippen molar-refractivity contribution in [2.45, 2.75) is 37.8 Å². The molecule has 2 aromatic carbocycles. The second-order valence-electron chi connectivity index (χ2n) is 7.69. The number of amides is 1. The molecule has 1 saturated heterocycles. The number of rotatable bonds is 5. The Morgan fingerprint density at radius 1 is 1.06 bits per heavy atom. The normalized spacial score (nSPS) is 17.0. The van der Waals surface area contributed by atoms with Gasteiger partial charge in [-0.1, -0.05) is 30.3 Å². The maximum absolute atomic E-state index is 12.7. The fourth-order valence-electron chi connectivity index (χ4n) is 3.78. The van der Waals surface area contributed by atoms with Gasteiger partial charge in [-0.15, -0.1) is 10.2 Å². The van der Waals surface area contributed by atoms with Crippen LogP contribution in [0.2, 0.25) is 0 Å². The van der Waals surface area contributed by atoms with Crippen LogP contribution in [-0.2, 0) is 17.4 Å². The first kappa shape index (κ1) is 21.1. The molecule has 1 aliphatic heterocycles. The molecular formula is C23H22F3N3O2. The van der Waals surface area contributed by atoms with Crippen LogP contribution in [0.1, 0.15) is 42.2 Å². The first-order valence-corrected chi connectivity index (χ1v) is 10.2. The third kappa shape index (κ3) is 5.13. The molecular weight excluding hydrogens is 407 g/mol. The molecule has 1 aromatic heterocycles. The van der Waals surface area contributed by atoms with Crippen molar-refractivity contribution in [2.75, 3.05) is 13.1 Å². The molecule has 0 radical (unpaired) electrons. The lowest BCUT2D eigenvalue weighted by Gasteiger charge is -2.31. The van der Waals surface area contributed by atoms with Gasteiger partial charge in [0.1, 0.15) is 0 Å². The van der Waals surface area contributed by atoms with Gasteiger partial charge >= 0.3 is 6.18 Å². The summed E-state index contributed by atoms with van der Waals surface area (Å²) in [5.74, 6) is 0.605. The summed E-state index contributed by atoms with van der Waals surface area (Å²) >= 11 is 0. The summed E-state index contributed by atoms with van der Waals surface area (Å²) in [6.07, 6.45) is -1.61. The Hall–Kier alpha value is -3.16. The van der Waals surface area contributed by atoms with Crippen molar-refractivity contribution in [3.63, 3.8) is 0 Å². The minimum absolute atomic E-state index is 0.0786. The van der Waals surface area contributed by atoms with E-state index in [1.165, 1.54) is 12.1 Å². The lowest BCUT2D eigenvalue weighted by atomic mass is 9.97. The third-order valence-corrected chi connectivity index (χ3v) is 5.49. The lowest BCUT2D eigenvalue weighted by Crippen LogP contribution is -2.39. The van der Waals surface area contributed by atoms with E-state index in [4.69, 9.17) is 4.42 Å². The Bertz CT molecular complexity index is 1020. The topological polar surface area (TPSA) is 59.2 Å². The monoisotopic (exact) mass is 429 g/mol. The molecule has 0 spiro atoms. The fraction of sp³-hybridized carbons (Fsp3) is 0.348. The predicted molar refractivity (Wildman–Crippen MR) is 108 cm³/mol. The van der Waals surface area contributed by atoms with Crippen LogP contribution < -0.4 is 0 Å². The van der Waals surface area contributed by atoms with Gasteiger partial charge in [0.2, 0.25) is 17.7 Å². The number of halogens is 3. The Morgan fingerprint density at radius 3 is 2.52 bits per heavy atom. The zero-order valence-electron chi connectivity index (χ0n) is 16.8. The van der Waals surface area contributed by atoms with Gasteiger partial charge in [0.05, 0.1) is 11.5 Å². The van der Waals surface area contributed by atoms with Crippen LogP contribution in [0, 0.1) is 0 Å². The number of aryl methyl sites for hydroxylation is 1. The van der Waals surface area contributed by atoms with Crippen molar-refractivity contribution in [1.29, 1.82) is 0 Å². The minimum Gasteiger partial charge on any atom is -0.420 e. The summed E-state index contributed by atoms with van der Waals surface area (Å²) in [5, 5.41) is 8.10. The average Bonchev–Trinajstić information content (AvgIpc) is 3.28. The molecule has 4 rings (SSSR count). The van der Waals surface area contributed by atoms with Crippen molar-refractivity contribution in [3.05, 3.63) is 71.6 Å². The summed E-state index contributed by atoms with van der Waals surface area (Å²) in [5.41, 5.74) is 0.828. The van der Waals surface area contributed by atoms with Crippen LogP contribution in [0.3, 0.4) is 0 Å².